The Kier molecular flexibility index (Phi) is 4.88. The number of rotatable bonds is 4. The van der Waals surface area contributed by atoms with Crippen molar-refractivity contribution in [2.24, 2.45) is 5.73 Å². The Hall–Kier alpha value is -1.63. The second kappa shape index (κ2) is 6.01. The summed E-state index contributed by atoms with van der Waals surface area (Å²) in [5, 5.41) is 0. The zero-order valence-corrected chi connectivity index (χ0v) is 10.1. The SMILES string of the molecule is COC(=O)CC(CN)c1ccc(F)cc1C(F)(F)F. The van der Waals surface area contributed by atoms with E-state index in [2.05, 4.69) is 4.74 Å². The van der Waals surface area contributed by atoms with E-state index in [1.807, 2.05) is 0 Å². The van der Waals surface area contributed by atoms with Crippen molar-refractivity contribution in [3.8, 4) is 0 Å². The summed E-state index contributed by atoms with van der Waals surface area (Å²) in [6.07, 6.45) is -5.00. The Morgan fingerprint density at radius 3 is 2.53 bits per heavy atom. The van der Waals surface area contributed by atoms with Gasteiger partial charge in [0.05, 0.1) is 19.1 Å². The first kappa shape index (κ1) is 15.4. The Bertz CT molecular complexity index is 460. The Balaban J connectivity index is 3.20. The van der Waals surface area contributed by atoms with E-state index in [0.29, 0.717) is 6.07 Å². The maximum Gasteiger partial charge on any atom is 0.416 e. The lowest BCUT2D eigenvalue weighted by atomic mass is 9.91. The molecule has 0 aliphatic heterocycles. The number of carbonyl (C=O) groups is 1. The van der Waals surface area contributed by atoms with E-state index in [9.17, 15) is 22.4 Å². The molecule has 1 aromatic carbocycles. The van der Waals surface area contributed by atoms with Crippen molar-refractivity contribution < 1.29 is 27.1 Å². The summed E-state index contributed by atoms with van der Waals surface area (Å²) in [7, 11) is 1.13. The Labute approximate surface area is 107 Å². The Morgan fingerprint density at radius 1 is 1.42 bits per heavy atom. The number of benzene rings is 1. The van der Waals surface area contributed by atoms with Crippen LogP contribution >= 0.6 is 0 Å². The third-order valence-electron chi connectivity index (χ3n) is 2.69. The maximum absolute atomic E-state index is 13.0. The summed E-state index contributed by atoms with van der Waals surface area (Å²) in [5.74, 6) is -2.54. The van der Waals surface area contributed by atoms with Gasteiger partial charge in [0.25, 0.3) is 0 Å². The van der Waals surface area contributed by atoms with Crippen molar-refractivity contribution in [1.29, 1.82) is 0 Å². The van der Waals surface area contributed by atoms with Crippen LogP contribution < -0.4 is 5.73 Å². The average molecular weight is 279 g/mol. The standard InChI is InChI=1S/C12H13F4NO2/c1-19-11(18)4-7(6-17)9-3-2-8(13)5-10(9)12(14,15)16/h2-3,5,7H,4,6,17H2,1H3. The minimum Gasteiger partial charge on any atom is -0.469 e. The topological polar surface area (TPSA) is 52.3 Å². The highest BCUT2D eigenvalue weighted by Gasteiger charge is 2.35. The van der Waals surface area contributed by atoms with Crippen LogP contribution in [0.3, 0.4) is 0 Å². The molecule has 1 unspecified atom stereocenters. The molecule has 7 heteroatoms. The molecule has 0 spiro atoms. The molecule has 0 aliphatic carbocycles. The molecule has 0 amide bonds. The van der Waals surface area contributed by atoms with E-state index in [0.717, 1.165) is 19.2 Å². The third-order valence-corrected chi connectivity index (χ3v) is 2.69. The molecule has 3 nitrogen and oxygen atoms in total. The fraction of sp³-hybridized carbons (Fsp3) is 0.417. The predicted octanol–water partition coefficient (Wildman–Crippen LogP) is 2.45. The van der Waals surface area contributed by atoms with Crippen LogP contribution in [-0.4, -0.2) is 19.6 Å². The van der Waals surface area contributed by atoms with Gasteiger partial charge in [0, 0.05) is 5.92 Å². The zero-order chi connectivity index (χ0) is 14.6. The largest absolute Gasteiger partial charge is 0.469 e. The average Bonchev–Trinajstić information content (AvgIpc) is 2.34. The van der Waals surface area contributed by atoms with Crippen LogP contribution in [0.1, 0.15) is 23.5 Å². The quantitative estimate of drug-likeness (QED) is 0.680. The van der Waals surface area contributed by atoms with E-state index in [1.165, 1.54) is 0 Å². The van der Waals surface area contributed by atoms with Crippen LogP contribution in [0.4, 0.5) is 17.6 Å². The molecule has 0 aliphatic rings. The van der Waals surface area contributed by atoms with Gasteiger partial charge in [-0.15, -0.1) is 0 Å². The molecule has 1 aromatic rings. The number of hydrogen-bond acceptors (Lipinski definition) is 3. The lowest BCUT2D eigenvalue weighted by Gasteiger charge is -2.19. The summed E-state index contributed by atoms with van der Waals surface area (Å²) in [6, 6.07) is 2.30. The van der Waals surface area contributed by atoms with Gasteiger partial charge in [-0.05, 0) is 24.2 Å². The number of methoxy groups -OCH3 is 1. The summed E-state index contributed by atoms with van der Waals surface area (Å²) in [5.41, 5.74) is 4.06. The van der Waals surface area contributed by atoms with Gasteiger partial charge in [-0.25, -0.2) is 4.39 Å². The van der Waals surface area contributed by atoms with Gasteiger partial charge in [-0.2, -0.15) is 13.2 Å². The van der Waals surface area contributed by atoms with Gasteiger partial charge in [-0.3, -0.25) is 4.79 Å². The normalized spacial score (nSPS) is 13.2. The van der Waals surface area contributed by atoms with Crippen molar-refractivity contribution in [3.05, 3.63) is 35.1 Å². The second-order valence-corrected chi connectivity index (χ2v) is 3.94. The van der Waals surface area contributed by atoms with Crippen LogP contribution in [0.25, 0.3) is 0 Å². The molecule has 2 N–H and O–H groups in total. The number of ether oxygens (including phenoxy) is 1. The van der Waals surface area contributed by atoms with Gasteiger partial charge in [0.15, 0.2) is 0 Å². The highest BCUT2D eigenvalue weighted by Crippen LogP contribution is 2.36. The fourth-order valence-electron chi connectivity index (χ4n) is 1.73. The molecule has 0 bridgehead atoms. The van der Waals surface area contributed by atoms with Crippen molar-refractivity contribution in [2.75, 3.05) is 13.7 Å². The lowest BCUT2D eigenvalue weighted by Crippen LogP contribution is -2.21. The number of esters is 1. The molecule has 1 rings (SSSR count). The van der Waals surface area contributed by atoms with Crippen molar-refractivity contribution in [2.45, 2.75) is 18.5 Å². The van der Waals surface area contributed by atoms with Gasteiger partial charge < -0.3 is 10.5 Å². The van der Waals surface area contributed by atoms with Crippen LogP contribution in [-0.2, 0) is 15.7 Å². The smallest absolute Gasteiger partial charge is 0.416 e. The van der Waals surface area contributed by atoms with Gasteiger partial charge in [0.1, 0.15) is 5.82 Å². The van der Waals surface area contributed by atoms with Crippen molar-refractivity contribution in [3.63, 3.8) is 0 Å². The molecular weight excluding hydrogens is 266 g/mol. The minimum atomic E-state index is -4.71. The molecule has 0 saturated carbocycles. The maximum atomic E-state index is 13.0. The molecule has 0 radical (unpaired) electrons. The monoisotopic (exact) mass is 279 g/mol. The number of hydrogen-bond donors (Lipinski definition) is 1. The van der Waals surface area contributed by atoms with E-state index >= 15 is 0 Å². The lowest BCUT2D eigenvalue weighted by molar-refractivity contribution is -0.142. The second-order valence-electron chi connectivity index (χ2n) is 3.94. The zero-order valence-electron chi connectivity index (χ0n) is 10.1. The summed E-state index contributed by atoms with van der Waals surface area (Å²) in [6.45, 7) is -0.177. The van der Waals surface area contributed by atoms with Gasteiger partial charge in [0.2, 0.25) is 0 Å². The molecule has 0 saturated heterocycles. The molecule has 106 valence electrons. The minimum absolute atomic E-state index is 0.177. The molecule has 0 heterocycles. The Morgan fingerprint density at radius 2 is 2.05 bits per heavy atom. The number of carbonyl (C=O) groups excluding carboxylic acids is 1. The predicted molar refractivity (Wildman–Crippen MR) is 59.8 cm³/mol. The first-order valence-corrected chi connectivity index (χ1v) is 5.43. The molecule has 1 atom stereocenters. The highest BCUT2D eigenvalue weighted by molar-refractivity contribution is 5.70. The highest BCUT2D eigenvalue weighted by atomic mass is 19.4. The van der Waals surface area contributed by atoms with E-state index < -0.39 is 29.4 Å². The number of halogens is 4. The van der Waals surface area contributed by atoms with Crippen LogP contribution in [0.5, 0.6) is 0 Å². The first-order valence-electron chi connectivity index (χ1n) is 5.43. The van der Waals surface area contributed by atoms with E-state index in [4.69, 9.17) is 5.73 Å². The molecule has 0 aromatic heterocycles. The first-order chi connectivity index (χ1) is 8.79. The van der Waals surface area contributed by atoms with Crippen molar-refractivity contribution in [1.82, 2.24) is 0 Å². The molecule has 0 fully saturated rings. The van der Waals surface area contributed by atoms with E-state index in [-0.39, 0.29) is 18.5 Å². The van der Waals surface area contributed by atoms with Crippen LogP contribution in [0.2, 0.25) is 0 Å². The number of nitrogens with two attached hydrogens (primary N) is 1. The van der Waals surface area contributed by atoms with Crippen LogP contribution in [0.15, 0.2) is 18.2 Å². The third kappa shape index (κ3) is 3.92. The summed E-state index contributed by atoms with van der Waals surface area (Å²) in [4.78, 5) is 11.1. The van der Waals surface area contributed by atoms with Crippen LogP contribution in [0, 0.1) is 5.82 Å². The van der Waals surface area contributed by atoms with Gasteiger partial charge in [-0.1, -0.05) is 6.07 Å². The van der Waals surface area contributed by atoms with Gasteiger partial charge >= 0.3 is 12.1 Å². The fourth-order valence-corrected chi connectivity index (χ4v) is 1.73. The number of alkyl halides is 3. The van der Waals surface area contributed by atoms with Crippen molar-refractivity contribution >= 4 is 5.97 Å². The van der Waals surface area contributed by atoms with E-state index in [1.54, 1.807) is 0 Å². The summed E-state index contributed by atoms with van der Waals surface area (Å²) >= 11 is 0. The molecule has 19 heavy (non-hydrogen) atoms. The molecular formula is C12H13F4NO2. The summed E-state index contributed by atoms with van der Waals surface area (Å²) < 4.78 is 55.8.